The number of carbonyl (C=O) groups excluding carboxylic acids is 1. The van der Waals surface area contributed by atoms with Crippen LogP contribution in [-0.2, 0) is 0 Å². The van der Waals surface area contributed by atoms with Crippen LogP contribution in [0.15, 0.2) is 81.3 Å². The van der Waals surface area contributed by atoms with Crippen molar-refractivity contribution >= 4 is 50.9 Å². The number of para-hydroxylation sites is 1. The van der Waals surface area contributed by atoms with Crippen LogP contribution in [0.5, 0.6) is 0 Å². The van der Waals surface area contributed by atoms with Gasteiger partial charge >= 0.3 is 0 Å². The van der Waals surface area contributed by atoms with Crippen molar-refractivity contribution in [1.82, 2.24) is 4.98 Å². The number of carbonyl (C=O) groups is 1. The van der Waals surface area contributed by atoms with E-state index in [4.69, 9.17) is 11.6 Å². The SMILES string of the molecule is O=C(Nc1ccccc1Br)c1cccnc1Sc1ccccc1Cl. The van der Waals surface area contributed by atoms with Crippen LogP contribution in [0.3, 0.4) is 0 Å². The molecule has 0 spiro atoms. The second-order valence-electron chi connectivity index (χ2n) is 4.82. The summed E-state index contributed by atoms with van der Waals surface area (Å²) in [5, 5.41) is 4.13. The molecule has 3 aromatic rings. The van der Waals surface area contributed by atoms with E-state index in [9.17, 15) is 4.79 Å². The second kappa shape index (κ2) is 7.83. The molecule has 120 valence electrons. The smallest absolute Gasteiger partial charge is 0.258 e. The van der Waals surface area contributed by atoms with Gasteiger partial charge in [-0.2, -0.15) is 0 Å². The van der Waals surface area contributed by atoms with Crippen LogP contribution >= 0.6 is 39.3 Å². The van der Waals surface area contributed by atoms with Crippen molar-refractivity contribution in [1.29, 1.82) is 0 Å². The van der Waals surface area contributed by atoms with Gasteiger partial charge in [0.15, 0.2) is 0 Å². The molecule has 3 nitrogen and oxygen atoms in total. The number of rotatable bonds is 4. The third-order valence-corrected chi connectivity index (χ3v) is 5.41. The van der Waals surface area contributed by atoms with Gasteiger partial charge in [0.25, 0.3) is 5.91 Å². The summed E-state index contributed by atoms with van der Waals surface area (Å²) in [7, 11) is 0. The van der Waals surface area contributed by atoms with E-state index in [0.29, 0.717) is 21.3 Å². The van der Waals surface area contributed by atoms with Gasteiger partial charge in [0.05, 0.1) is 16.3 Å². The van der Waals surface area contributed by atoms with Gasteiger partial charge in [-0.25, -0.2) is 4.98 Å². The zero-order valence-corrected chi connectivity index (χ0v) is 15.5. The van der Waals surface area contributed by atoms with Gasteiger partial charge in [0, 0.05) is 15.6 Å². The molecule has 2 aromatic carbocycles. The number of aromatic nitrogens is 1. The third-order valence-electron chi connectivity index (χ3n) is 3.18. The Hall–Kier alpha value is -1.82. The first-order valence-electron chi connectivity index (χ1n) is 7.08. The molecule has 0 fully saturated rings. The maximum atomic E-state index is 12.6. The first-order valence-corrected chi connectivity index (χ1v) is 9.07. The fraction of sp³-hybridized carbons (Fsp3) is 0. The lowest BCUT2D eigenvalue weighted by Gasteiger charge is -2.10. The minimum absolute atomic E-state index is 0.218. The van der Waals surface area contributed by atoms with E-state index in [0.717, 1.165) is 9.37 Å². The van der Waals surface area contributed by atoms with Gasteiger partial charge in [-0.3, -0.25) is 4.79 Å². The molecule has 24 heavy (non-hydrogen) atoms. The normalized spacial score (nSPS) is 10.4. The summed E-state index contributed by atoms with van der Waals surface area (Å²) in [6.07, 6.45) is 1.66. The summed E-state index contributed by atoms with van der Waals surface area (Å²) < 4.78 is 0.822. The molecule has 0 saturated heterocycles. The number of nitrogens with one attached hydrogen (secondary N) is 1. The van der Waals surface area contributed by atoms with Gasteiger partial charge in [0.2, 0.25) is 0 Å². The molecule has 0 aliphatic heterocycles. The molecule has 0 radical (unpaired) electrons. The second-order valence-corrected chi connectivity index (χ2v) is 7.11. The molecule has 0 unspecified atom stereocenters. The zero-order chi connectivity index (χ0) is 16.9. The Kier molecular flexibility index (Phi) is 5.56. The average Bonchev–Trinajstić information content (AvgIpc) is 2.59. The summed E-state index contributed by atoms with van der Waals surface area (Å²) in [4.78, 5) is 17.8. The van der Waals surface area contributed by atoms with Crippen molar-refractivity contribution in [3.05, 3.63) is 81.9 Å². The van der Waals surface area contributed by atoms with Gasteiger partial charge in [-0.05, 0) is 52.3 Å². The Balaban J connectivity index is 1.88. The highest BCUT2D eigenvalue weighted by Gasteiger charge is 2.15. The van der Waals surface area contributed by atoms with Crippen LogP contribution in [-0.4, -0.2) is 10.9 Å². The quantitative estimate of drug-likeness (QED) is 0.572. The zero-order valence-electron chi connectivity index (χ0n) is 12.4. The van der Waals surface area contributed by atoms with E-state index in [-0.39, 0.29) is 5.91 Å². The fourth-order valence-electron chi connectivity index (χ4n) is 2.03. The molecule has 0 bridgehead atoms. The minimum atomic E-state index is -0.218. The highest BCUT2D eigenvalue weighted by atomic mass is 79.9. The van der Waals surface area contributed by atoms with Crippen LogP contribution in [0.25, 0.3) is 0 Å². The fourth-order valence-corrected chi connectivity index (χ4v) is 3.57. The number of hydrogen-bond donors (Lipinski definition) is 1. The van der Waals surface area contributed by atoms with E-state index in [1.807, 2.05) is 48.5 Å². The van der Waals surface area contributed by atoms with Crippen LogP contribution in [0.1, 0.15) is 10.4 Å². The number of benzene rings is 2. The molecule has 1 aromatic heterocycles. The van der Waals surface area contributed by atoms with Gasteiger partial charge in [0.1, 0.15) is 5.03 Å². The van der Waals surface area contributed by atoms with Crippen molar-refractivity contribution < 1.29 is 4.79 Å². The maximum Gasteiger partial charge on any atom is 0.258 e. The number of halogens is 2. The van der Waals surface area contributed by atoms with Gasteiger partial charge in [-0.15, -0.1) is 0 Å². The Morgan fingerprint density at radius 2 is 1.79 bits per heavy atom. The molecule has 0 atom stereocenters. The lowest BCUT2D eigenvalue weighted by molar-refractivity contribution is 0.102. The van der Waals surface area contributed by atoms with Crippen LogP contribution in [0.2, 0.25) is 5.02 Å². The molecular formula is C18H12BrClN2OS. The van der Waals surface area contributed by atoms with Gasteiger partial charge in [-0.1, -0.05) is 47.6 Å². The van der Waals surface area contributed by atoms with Crippen LogP contribution in [0.4, 0.5) is 5.69 Å². The molecule has 0 aliphatic carbocycles. The summed E-state index contributed by atoms with van der Waals surface area (Å²) >= 11 is 11.0. The van der Waals surface area contributed by atoms with Crippen molar-refractivity contribution in [3.63, 3.8) is 0 Å². The first-order chi connectivity index (χ1) is 11.6. The maximum absolute atomic E-state index is 12.6. The summed E-state index contributed by atoms with van der Waals surface area (Å²) in [5.74, 6) is -0.218. The Bertz CT molecular complexity index is 888. The molecule has 1 amide bonds. The minimum Gasteiger partial charge on any atom is -0.321 e. The van der Waals surface area contributed by atoms with E-state index in [1.54, 1.807) is 18.3 Å². The molecule has 0 aliphatic rings. The number of anilines is 1. The number of hydrogen-bond acceptors (Lipinski definition) is 3. The molecule has 3 rings (SSSR count). The van der Waals surface area contributed by atoms with Crippen LogP contribution < -0.4 is 5.32 Å². The van der Waals surface area contributed by atoms with Gasteiger partial charge < -0.3 is 5.32 Å². The van der Waals surface area contributed by atoms with Crippen LogP contribution in [0, 0.1) is 0 Å². The molecule has 1 heterocycles. The average molecular weight is 420 g/mol. The lowest BCUT2D eigenvalue weighted by Crippen LogP contribution is -2.13. The summed E-state index contributed by atoms with van der Waals surface area (Å²) in [5.41, 5.74) is 1.21. The van der Waals surface area contributed by atoms with Crippen molar-refractivity contribution in [2.24, 2.45) is 0 Å². The standard InChI is InChI=1S/C18H12BrClN2OS/c19-13-7-1-3-9-15(13)22-17(23)12-6-5-11-21-18(12)24-16-10-4-2-8-14(16)20/h1-11H,(H,22,23). The number of nitrogens with zero attached hydrogens (tertiary/aromatic N) is 1. The Morgan fingerprint density at radius 3 is 2.58 bits per heavy atom. The Morgan fingerprint density at radius 1 is 1.04 bits per heavy atom. The van der Waals surface area contributed by atoms with E-state index in [1.165, 1.54) is 11.8 Å². The molecule has 6 heteroatoms. The number of amides is 1. The topological polar surface area (TPSA) is 42.0 Å². The predicted molar refractivity (Wildman–Crippen MR) is 102 cm³/mol. The first kappa shape index (κ1) is 17.0. The largest absolute Gasteiger partial charge is 0.321 e. The highest BCUT2D eigenvalue weighted by molar-refractivity contribution is 9.10. The summed E-state index contributed by atoms with van der Waals surface area (Å²) in [6, 6.07) is 18.4. The molecule has 0 saturated carbocycles. The predicted octanol–water partition coefficient (Wildman–Crippen LogP) is 5.90. The molecule has 1 N–H and O–H groups in total. The highest BCUT2D eigenvalue weighted by Crippen LogP contribution is 2.34. The number of pyridine rings is 1. The van der Waals surface area contributed by atoms with Crippen molar-refractivity contribution in [2.45, 2.75) is 9.92 Å². The summed E-state index contributed by atoms with van der Waals surface area (Å²) in [6.45, 7) is 0. The van der Waals surface area contributed by atoms with E-state index >= 15 is 0 Å². The lowest BCUT2D eigenvalue weighted by atomic mass is 10.2. The molecular weight excluding hydrogens is 408 g/mol. The monoisotopic (exact) mass is 418 g/mol. The van der Waals surface area contributed by atoms with E-state index in [2.05, 4.69) is 26.2 Å². The Labute approximate surface area is 157 Å². The third kappa shape index (κ3) is 3.98. The van der Waals surface area contributed by atoms with E-state index < -0.39 is 0 Å². The van der Waals surface area contributed by atoms with Crippen molar-refractivity contribution in [2.75, 3.05) is 5.32 Å². The van der Waals surface area contributed by atoms with Crippen molar-refractivity contribution in [3.8, 4) is 0 Å².